The first-order valence-electron chi connectivity index (χ1n) is 10.3. The molecule has 1 rings (SSSR count). The summed E-state index contributed by atoms with van der Waals surface area (Å²) < 4.78 is 0. The van der Waals surface area contributed by atoms with Crippen molar-refractivity contribution in [3.05, 3.63) is 18.2 Å². The normalized spacial score (nSPS) is 14.4. The standard InChI is InChI=1S/C19H31N7O7/c1-10(24-17(30)12(21)7-15(27)28)16(29)26-14(6-11-8-22-9-23-11)18(31)25-13(19(32)33)4-2-3-5-20/h8-10,12-14H,2-7,20-21H2,1H3,(H,22,23)(H,24,30)(H,25,31)(H,26,29)(H,27,28)(H,32,33). The van der Waals surface area contributed by atoms with Gasteiger partial charge in [-0.05, 0) is 32.7 Å². The zero-order chi connectivity index (χ0) is 25.0. The number of rotatable bonds is 15. The van der Waals surface area contributed by atoms with Gasteiger partial charge in [0.05, 0.1) is 18.8 Å². The van der Waals surface area contributed by atoms with Crippen LogP contribution < -0.4 is 27.4 Å². The summed E-state index contributed by atoms with van der Waals surface area (Å²) in [6.07, 6.45) is 3.43. The molecule has 1 aromatic heterocycles. The van der Waals surface area contributed by atoms with Gasteiger partial charge >= 0.3 is 11.9 Å². The van der Waals surface area contributed by atoms with Crippen molar-refractivity contribution in [1.82, 2.24) is 25.9 Å². The van der Waals surface area contributed by atoms with Gasteiger partial charge in [-0.2, -0.15) is 0 Å². The third-order valence-electron chi connectivity index (χ3n) is 4.66. The van der Waals surface area contributed by atoms with E-state index in [1.165, 1.54) is 19.4 Å². The smallest absolute Gasteiger partial charge is 0.326 e. The van der Waals surface area contributed by atoms with Crippen LogP contribution in [0.4, 0.5) is 0 Å². The number of nitrogens with two attached hydrogens (primary N) is 2. The average molecular weight is 469 g/mol. The van der Waals surface area contributed by atoms with Crippen LogP contribution in [0.2, 0.25) is 0 Å². The highest BCUT2D eigenvalue weighted by molar-refractivity contribution is 5.94. The van der Waals surface area contributed by atoms with Crippen LogP contribution in [0.25, 0.3) is 0 Å². The Hall–Kier alpha value is -3.52. The van der Waals surface area contributed by atoms with Gasteiger partial charge in [0.25, 0.3) is 0 Å². The fourth-order valence-electron chi connectivity index (χ4n) is 2.81. The van der Waals surface area contributed by atoms with Crippen LogP contribution in [0.5, 0.6) is 0 Å². The minimum Gasteiger partial charge on any atom is -0.481 e. The van der Waals surface area contributed by atoms with Gasteiger partial charge in [-0.3, -0.25) is 19.2 Å². The number of carbonyl (C=O) groups excluding carboxylic acids is 3. The van der Waals surface area contributed by atoms with Crippen LogP contribution in [-0.4, -0.2) is 80.6 Å². The van der Waals surface area contributed by atoms with Crippen LogP contribution in [0.1, 0.15) is 38.3 Å². The number of aromatic amines is 1. The topological polar surface area (TPSA) is 243 Å². The van der Waals surface area contributed by atoms with Gasteiger partial charge in [0.1, 0.15) is 18.1 Å². The Morgan fingerprint density at radius 3 is 2.24 bits per heavy atom. The molecule has 0 aliphatic rings. The first-order chi connectivity index (χ1) is 15.5. The molecule has 0 saturated heterocycles. The van der Waals surface area contributed by atoms with Crippen LogP contribution in [0.15, 0.2) is 12.5 Å². The number of nitrogens with one attached hydrogen (secondary N) is 4. The van der Waals surface area contributed by atoms with Crippen LogP contribution in [0, 0.1) is 0 Å². The summed E-state index contributed by atoms with van der Waals surface area (Å²) in [6, 6.07) is -4.85. The molecule has 3 amide bonds. The fraction of sp³-hybridized carbons (Fsp3) is 0.579. The Kier molecular flexibility index (Phi) is 11.5. The summed E-state index contributed by atoms with van der Waals surface area (Å²) in [5.74, 6) is -4.83. The van der Waals surface area contributed by atoms with Gasteiger partial charge in [0.15, 0.2) is 0 Å². The molecule has 0 aromatic carbocycles. The molecule has 10 N–H and O–H groups in total. The predicted octanol–water partition coefficient (Wildman–Crippen LogP) is -2.56. The van der Waals surface area contributed by atoms with E-state index in [9.17, 15) is 29.1 Å². The molecule has 0 aliphatic carbocycles. The highest BCUT2D eigenvalue weighted by Gasteiger charge is 2.29. The van der Waals surface area contributed by atoms with E-state index >= 15 is 0 Å². The number of H-pyrrole nitrogens is 1. The molecular formula is C19H31N7O7. The van der Waals surface area contributed by atoms with Gasteiger partial charge in [-0.1, -0.05) is 0 Å². The van der Waals surface area contributed by atoms with E-state index in [2.05, 4.69) is 25.9 Å². The fourth-order valence-corrected chi connectivity index (χ4v) is 2.81. The van der Waals surface area contributed by atoms with E-state index in [0.29, 0.717) is 25.1 Å². The second kappa shape index (κ2) is 13.8. The lowest BCUT2D eigenvalue weighted by molar-refractivity contribution is -0.142. The van der Waals surface area contributed by atoms with Crippen molar-refractivity contribution >= 4 is 29.7 Å². The summed E-state index contributed by atoms with van der Waals surface area (Å²) in [4.78, 5) is 66.2. The maximum absolute atomic E-state index is 12.8. The van der Waals surface area contributed by atoms with Crippen molar-refractivity contribution in [2.45, 2.75) is 63.2 Å². The SMILES string of the molecule is CC(NC(=O)C(N)CC(=O)O)C(=O)NC(Cc1cnc[nH]1)C(=O)NC(CCCCN)C(=O)O. The van der Waals surface area contributed by atoms with Gasteiger partial charge in [-0.25, -0.2) is 9.78 Å². The Labute approximate surface area is 189 Å². The monoisotopic (exact) mass is 469 g/mol. The highest BCUT2D eigenvalue weighted by Crippen LogP contribution is 2.05. The molecule has 14 heteroatoms. The molecule has 4 unspecified atom stereocenters. The second-order valence-corrected chi connectivity index (χ2v) is 7.46. The first-order valence-corrected chi connectivity index (χ1v) is 10.3. The molecule has 184 valence electrons. The third-order valence-corrected chi connectivity index (χ3v) is 4.66. The highest BCUT2D eigenvalue weighted by atomic mass is 16.4. The third kappa shape index (κ3) is 10.1. The summed E-state index contributed by atoms with van der Waals surface area (Å²) in [6.45, 7) is 1.72. The zero-order valence-electron chi connectivity index (χ0n) is 18.2. The molecule has 0 fully saturated rings. The maximum Gasteiger partial charge on any atom is 0.326 e. The molecule has 14 nitrogen and oxygen atoms in total. The molecule has 33 heavy (non-hydrogen) atoms. The zero-order valence-corrected chi connectivity index (χ0v) is 18.2. The Balaban J connectivity index is 2.85. The van der Waals surface area contributed by atoms with E-state index < -0.39 is 60.2 Å². The lowest BCUT2D eigenvalue weighted by atomic mass is 10.1. The summed E-state index contributed by atoms with van der Waals surface area (Å²) in [5.41, 5.74) is 11.4. The van der Waals surface area contributed by atoms with Crippen molar-refractivity contribution < 1.29 is 34.2 Å². The lowest BCUT2D eigenvalue weighted by Crippen LogP contribution is -2.57. The van der Waals surface area contributed by atoms with E-state index in [4.69, 9.17) is 16.6 Å². The summed E-state index contributed by atoms with van der Waals surface area (Å²) in [5, 5.41) is 25.3. The quantitative estimate of drug-likeness (QED) is 0.125. The number of carboxylic acids is 2. The Bertz CT molecular complexity index is 815. The van der Waals surface area contributed by atoms with Gasteiger partial charge in [-0.15, -0.1) is 0 Å². The number of amides is 3. The van der Waals surface area contributed by atoms with Gasteiger partial charge in [0.2, 0.25) is 17.7 Å². The number of imidazole rings is 1. The molecule has 1 aromatic rings. The molecule has 4 atom stereocenters. The number of hydrogen-bond acceptors (Lipinski definition) is 8. The van der Waals surface area contributed by atoms with Crippen LogP contribution >= 0.6 is 0 Å². The van der Waals surface area contributed by atoms with E-state index in [1.807, 2.05) is 0 Å². The van der Waals surface area contributed by atoms with Crippen LogP contribution in [0.3, 0.4) is 0 Å². The number of aromatic nitrogens is 2. The van der Waals surface area contributed by atoms with Crippen LogP contribution in [-0.2, 0) is 30.4 Å². The summed E-state index contributed by atoms with van der Waals surface area (Å²) >= 11 is 0. The second-order valence-electron chi connectivity index (χ2n) is 7.46. The number of unbranched alkanes of at least 4 members (excludes halogenated alkanes) is 1. The van der Waals surface area contributed by atoms with Gasteiger partial charge in [0, 0.05) is 18.3 Å². The van der Waals surface area contributed by atoms with Crippen molar-refractivity contribution in [3.63, 3.8) is 0 Å². The number of carbonyl (C=O) groups is 5. The number of carboxylic acid groups (broad SMARTS) is 2. The molecule has 0 bridgehead atoms. The van der Waals surface area contributed by atoms with E-state index in [1.54, 1.807) is 0 Å². The Morgan fingerprint density at radius 1 is 1.03 bits per heavy atom. The number of nitrogens with zero attached hydrogens (tertiary/aromatic N) is 1. The Morgan fingerprint density at radius 2 is 1.70 bits per heavy atom. The number of hydrogen-bond donors (Lipinski definition) is 8. The molecule has 0 spiro atoms. The van der Waals surface area contributed by atoms with Crippen molar-refractivity contribution in [1.29, 1.82) is 0 Å². The van der Waals surface area contributed by atoms with Gasteiger partial charge < -0.3 is 42.6 Å². The average Bonchev–Trinajstić information content (AvgIpc) is 3.24. The van der Waals surface area contributed by atoms with E-state index in [-0.39, 0.29) is 12.8 Å². The predicted molar refractivity (Wildman–Crippen MR) is 115 cm³/mol. The minimum atomic E-state index is -1.35. The first kappa shape index (κ1) is 27.5. The molecule has 0 saturated carbocycles. The van der Waals surface area contributed by atoms with Crippen molar-refractivity contribution in [3.8, 4) is 0 Å². The largest absolute Gasteiger partial charge is 0.481 e. The van der Waals surface area contributed by atoms with Crippen molar-refractivity contribution in [2.75, 3.05) is 6.54 Å². The molecule has 1 heterocycles. The lowest BCUT2D eigenvalue weighted by Gasteiger charge is -2.23. The molecular weight excluding hydrogens is 438 g/mol. The van der Waals surface area contributed by atoms with Crippen molar-refractivity contribution in [2.24, 2.45) is 11.5 Å². The summed E-state index contributed by atoms with van der Waals surface area (Å²) in [7, 11) is 0. The minimum absolute atomic E-state index is 0.0219. The molecule has 0 radical (unpaired) electrons. The molecule has 0 aliphatic heterocycles. The van der Waals surface area contributed by atoms with E-state index in [0.717, 1.165) is 0 Å². The maximum atomic E-state index is 12.8. The number of aliphatic carboxylic acids is 2.